The number of amides is 2. The third-order valence-corrected chi connectivity index (χ3v) is 6.17. The van der Waals surface area contributed by atoms with Crippen molar-refractivity contribution in [2.24, 2.45) is 5.92 Å². The van der Waals surface area contributed by atoms with E-state index in [1.807, 2.05) is 30.9 Å². The summed E-state index contributed by atoms with van der Waals surface area (Å²) in [6.07, 6.45) is 5.39. The average Bonchev–Trinajstić information content (AvgIpc) is 2.99. The number of piperidine rings is 1. The molecule has 1 aromatic carbocycles. The normalized spacial score (nSPS) is 31.1. The summed E-state index contributed by atoms with van der Waals surface area (Å²) < 4.78 is 5.70. The van der Waals surface area contributed by atoms with Crippen molar-refractivity contribution in [2.45, 2.75) is 70.2 Å². The monoisotopic (exact) mass is 421 g/mol. The van der Waals surface area contributed by atoms with Crippen LogP contribution in [0.3, 0.4) is 0 Å². The number of benzene rings is 1. The molecule has 4 unspecified atom stereocenters. The Labute approximate surface area is 179 Å². The first-order valence-corrected chi connectivity index (χ1v) is 10.6. The van der Waals surface area contributed by atoms with Gasteiger partial charge in [-0.15, -0.1) is 12.4 Å². The van der Waals surface area contributed by atoms with Gasteiger partial charge in [0.2, 0.25) is 5.91 Å². The lowest BCUT2D eigenvalue weighted by atomic mass is 9.89. The van der Waals surface area contributed by atoms with Crippen molar-refractivity contribution in [2.75, 3.05) is 18.4 Å². The average molecular weight is 422 g/mol. The topological polar surface area (TPSA) is 70.7 Å². The van der Waals surface area contributed by atoms with Crippen molar-refractivity contribution in [1.29, 1.82) is 0 Å². The number of anilines is 1. The van der Waals surface area contributed by atoms with E-state index in [4.69, 9.17) is 4.74 Å². The van der Waals surface area contributed by atoms with Crippen LogP contribution in [0.1, 0.15) is 56.3 Å². The Bertz CT molecular complexity index is 705. The molecule has 7 heteroatoms. The van der Waals surface area contributed by atoms with Gasteiger partial charge in [-0.25, -0.2) is 0 Å². The van der Waals surface area contributed by atoms with Crippen LogP contribution < -0.4 is 10.6 Å². The molecule has 0 saturated carbocycles. The second-order valence-electron chi connectivity index (χ2n) is 8.77. The summed E-state index contributed by atoms with van der Waals surface area (Å²) in [5, 5.41) is 6.61. The van der Waals surface area contributed by atoms with Gasteiger partial charge in [0, 0.05) is 42.8 Å². The van der Waals surface area contributed by atoms with Crippen LogP contribution >= 0.6 is 12.4 Å². The maximum Gasteiger partial charge on any atom is 0.254 e. The Morgan fingerprint density at radius 2 is 1.66 bits per heavy atom. The van der Waals surface area contributed by atoms with Gasteiger partial charge in [-0.3, -0.25) is 9.59 Å². The lowest BCUT2D eigenvalue weighted by Gasteiger charge is -2.35. The first-order valence-electron chi connectivity index (χ1n) is 10.6. The van der Waals surface area contributed by atoms with Crippen molar-refractivity contribution >= 4 is 29.9 Å². The minimum atomic E-state index is 0. The molecule has 3 aliphatic heterocycles. The zero-order valence-electron chi connectivity index (χ0n) is 17.2. The zero-order chi connectivity index (χ0) is 19.7. The molecule has 4 rings (SSSR count). The molecule has 0 spiro atoms. The van der Waals surface area contributed by atoms with Gasteiger partial charge < -0.3 is 20.3 Å². The van der Waals surface area contributed by atoms with Crippen molar-refractivity contribution in [3.8, 4) is 0 Å². The van der Waals surface area contributed by atoms with E-state index in [9.17, 15) is 9.59 Å². The Morgan fingerprint density at radius 3 is 2.24 bits per heavy atom. The molecule has 4 atom stereocenters. The van der Waals surface area contributed by atoms with Crippen LogP contribution in [0, 0.1) is 5.92 Å². The Kier molecular flexibility index (Phi) is 7.19. The number of morpholine rings is 1. The van der Waals surface area contributed by atoms with Gasteiger partial charge in [-0.1, -0.05) is 0 Å². The third kappa shape index (κ3) is 5.50. The van der Waals surface area contributed by atoms with Crippen LogP contribution in [0.15, 0.2) is 24.3 Å². The van der Waals surface area contributed by atoms with Crippen LogP contribution in [-0.2, 0) is 9.53 Å². The number of nitrogens with zero attached hydrogens (tertiary/aromatic N) is 1. The van der Waals surface area contributed by atoms with Crippen LogP contribution in [0.4, 0.5) is 5.69 Å². The van der Waals surface area contributed by atoms with Crippen LogP contribution in [-0.4, -0.2) is 54.1 Å². The number of fused-ring (bicyclic) bond motifs is 2. The molecule has 2 amide bonds. The quantitative estimate of drug-likeness (QED) is 0.783. The zero-order valence-corrected chi connectivity index (χ0v) is 18.0. The van der Waals surface area contributed by atoms with E-state index < -0.39 is 0 Å². The predicted octanol–water partition coefficient (Wildman–Crippen LogP) is 3.22. The van der Waals surface area contributed by atoms with Crippen molar-refractivity contribution < 1.29 is 14.3 Å². The summed E-state index contributed by atoms with van der Waals surface area (Å²) in [7, 11) is 0. The van der Waals surface area contributed by atoms with Crippen LogP contribution in [0.2, 0.25) is 0 Å². The number of carbonyl (C=O) groups is 2. The molecule has 1 aromatic rings. The number of halogens is 1. The largest absolute Gasteiger partial charge is 0.372 e. The SMILES string of the molecule is CC1CN(C(=O)c2ccc(NC(=O)CC3CC4CCC(C3)N4)cc2)CC(C)O1.Cl. The van der Waals surface area contributed by atoms with E-state index in [1.54, 1.807) is 12.1 Å². The van der Waals surface area contributed by atoms with E-state index >= 15 is 0 Å². The Hall–Kier alpha value is -1.63. The highest BCUT2D eigenvalue weighted by Crippen LogP contribution is 2.32. The van der Waals surface area contributed by atoms with Crippen molar-refractivity contribution in [3.63, 3.8) is 0 Å². The molecule has 3 saturated heterocycles. The Balaban J connectivity index is 0.00000240. The van der Waals surface area contributed by atoms with E-state index in [0.717, 1.165) is 18.5 Å². The van der Waals surface area contributed by atoms with Gasteiger partial charge in [0.05, 0.1) is 12.2 Å². The highest BCUT2D eigenvalue weighted by molar-refractivity contribution is 5.96. The van der Waals surface area contributed by atoms with Gasteiger partial charge in [0.25, 0.3) is 5.91 Å². The molecule has 6 nitrogen and oxygen atoms in total. The summed E-state index contributed by atoms with van der Waals surface area (Å²) in [6.45, 7) is 5.20. The molecule has 3 heterocycles. The summed E-state index contributed by atoms with van der Waals surface area (Å²) in [6, 6.07) is 8.45. The minimum absolute atomic E-state index is 0. The van der Waals surface area contributed by atoms with Crippen molar-refractivity contribution in [1.82, 2.24) is 10.2 Å². The molecular formula is C22H32ClN3O3. The molecule has 3 aliphatic rings. The van der Waals surface area contributed by atoms with E-state index in [2.05, 4.69) is 10.6 Å². The Morgan fingerprint density at radius 1 is 1.07 bits per heavy atom. The van der Waals surface area contributed by atoms with Gasteiger partial charge in [0.1, 0.15) is 0 Å². The molecular weight excluding hydrogens is 390 g/mol. The number of carbonyl (C=O) groups excluding carboxylic acids is 2. The molecule has 3 fully saturated rings. The number of ether oxygens (including phenoxy) is 1. The van der Waals surface area contributed by atoms with E-state index in [-0.39, 0.29) is 36.4 Å². The van der Waals surface area contributed by atoms with Gasteiger partial charge in [0.15, 0.2) is 0 Å². The second-order valence-corrected chi connectivity index (χ2v) is 8.77. The van der Waals surface area contributed by atoms with E-state index in [1.165, 1.54) is 12.8 Å². The van der Waals surface area contributed by atoms with Gasteiger partial charge in [-0.2, -0.15) is 0 Å². The fourth-order valence-electron chi connectivity index (χ4n) is 5.04. The van der Waals surface area contributed by atoms with Crippen molar-refractivity contribution in [3.05, 3.63) is 29.8 Å². The molecule has 2 bridgehead atoms. The summed E-state index contributed by atoms with van der Waals surface area (Å²) in [4.78, 5) is 27.0. The smallest absolute Gasteiger partial charge is 0.254 e. The third-order valence-electron chi connectivity index (χ3n) is 6.17. The first-order chi connectivity index (χ1) is 13.5. The maximum absolute atomic E-state index is 12.7. The summed E-state index contributed by atoms with van der Waals surface area (Å²) in [5.41, 5.74) is 1.40. The lowest BCUT2D eigenvalue weighted by molar-refractivity contribution is -0.117. The molecule has 0 radical (unpaired) electrons. The minimum Gasteiger partial charge on any atom is -0.372 e. The van der Waals surface area contributed by atoms with Gasteiger partial charge in [-0.05, 0) is 69.7 Å². The molecule has 29 heavy (non-hydrogen) atoms. The highest BCUT2D eigenvalue weighted by atomic mass is 35.5. The van der Waals surface area contributed by atoms with Crippen LogP contribution in [0.25, 0.3) is 0 Å². The number of rotatable bonds is 4. The predicted molar refractivity (Wildman–Crippen MR) is 116 cm³/mol. The summed E-state index contributed by atoms with van der Waals surface area (Å²) in [5.74, 6) is 0.566. The first kappa shape index (κ1) is 22.1. The second kappa shape index (κ2) is 9.45. The fourth-order valence-corrected chi connectivity index (χ4v) is 5.04. The number of nitrogens with one attached hydrogen (secondary N) is 2. The van der Waals surface area contributed by atoms with E-state index in [0.29, 0.717) is 43.1 Å². The molecule has 0 aromatic heterocycles. The standard InChI is InChI=1S/C22H31N3O3.ClH/c1-14-12-25(13-15(2)28-14)22(27)17-3-5-18(6-4-17)24-21(26)11-16-9-19-7-8-20(10-16)23-19;/h3-6,14-16,19-20,23H,7-13H2,1-2H3,(H,24,26);1H. The van der Waals surface area contributed by atoms with Crippen LogP contribution in [0.5, 0.6) is 0 Å². The fraction of sp³-hybridized carbons (Fsp3) is 0.636. The molecule has 2 N–H and O–H groups in total. The molecule has 0 aliphatic carbocycles. The maximum atomic E-state index is 12.7. The summed E-state index contributed by atoms with van der Waals surface area (Å²) >= 11 is 0. The highest BCUT2D eigenvalue weighted by Gasteiger charge is 2.34. The number of hydrogen-bond donors (Lipinski definition) is 2. The number of hydrogen-bond acceptors (Lipinski definition) is 4. The lowest BCUT2D eigenvalue weighted by Crippen LogP contribution is -2.48. The molecule has 160 valence electrons. The van der Waals surface area contributed by atoms with Gasteiger partial charge >= 0.3 is 0 Å².